The zero-order valence-electron chi connectivity index (χ0n) is 6.78. The average molecular weight is 170 g/mol. The topological polar surface area (TPSA) is 60.4 Å². The Balaban J connectivity index is 3.64. The normalized spacial score (nSPS) is 9.75. The number of hydrogen-bond donors (Lipinski definition) is 0. The van der Waals surface area contributed by atoms with E-state index in [-0.39, 0.29) is 18.6 Å². The van der Waals surface area contributed by atoms with E-state index in [1.165, 1.54) is 7.11 Å². The van der Waals surface area contributed by atoms with E-state index >= 15 is 0 Å². The van der Waals surface area contributed by atoms with Crippen LogP contribution in [-0.2, 0) is 19.1 Å². The number of methoxy groups -OCH3 is 1. The first-order valence-corrected chi connectivity index (χ1v) is 3.42. The minimum absolute atomic E-state index is 0.0541. The van der Waals surface area contributed by atoms with E-state index in [0.29, 0.717) is 6.29 Å². The summed E-state index contributed by atoms with van der Waals surface area (Å²) in [5, 5.41) is 0. The summed E-state index contributed by atoms with van der Waals surface area (Å²) in [5.41, 5.74) is 0. The molecule has 0 heterocycles. The third-order valence-corrected chi connectivity index (χ3v) is 1.16. The molecule has 0 aliphatic rings. The zero-order chi connectivity index (χ0) is 9.40. The maximum Gasteiger partial charge on any atom is 0.305 e. The van der Waals surface area contributed by atoms with Crippen LogP contribution in [0.3, 0.4) is 0 Å². The molecule has 0 fully saturated rings. The lowest BCUT2D eigenvalue weighted by Crippen LogP contribution is -2.03. The Hall–Kier alpha value is -1.45. The molecule has 0 N–H and O–H groups in total. The van der Waals surface area contributed by atoms with Crippen molar-refractivity contribution in [3.05, 3.63) is 12.2 Å². The Morgan fingerprint density at radius 1 is 1.33 bits per heavy atom. The molecule has 0 bridgehead atoms. The van der Waals surface area contributed by atoms with Crippen molar-refractivity contribution in [3.8, 4) is 0 Å². The molecular weight excluding hydrogens is 160 g/mol. The van der Waals surface area contributed by atoms with Crippen molar-refractivity contribution in [2.45, 2.75) is 12.8 Å². The van der Waals surface area contributed by atoms with Crippen LogP contribution >= 0.6 is 0 Å². The lowest BCUT2D eigenvalue weighted by atomic mass is 10.2. The minimum Gasteiger partial charge on any atom is -0.469 e. The first kappa shape index (κ1) is 10.6. The van der Waals surface area contributed by atoms with Crippen LogP contribution in [0.1, 0.15) is 12.8 Å². The van der Waals surface area contributed by atoms with Crippen molar-refractivity contribution in [2.75, 3.05) is 7.11 Å². The quantitative estimate of drug-likeness (QED) is 0.337. The largest absolute Gasteiger partial charge is 0.469 e. The van der Waals surface area contributed by atoms with Gasteiger partial charge in [0.2, 0.25) is 0 Å². The van der Waals surface area contributed by atoms with Gasteiger partial charge in [-0.25, -0.2) is 0 Å². The Kier molecular flexibility index (Phi) is 5.51. The van der Waals surface area contributed by atoms with E-state index in [0.717, 1.165) is 12.2 Å². The Labute approximate surface area is 70.2 Å². The smallest absolute Gasteiger partial charge is 0.305 e. The second kappa shape index (κ2) is 6.27. The molecule has 0 saturated carbocycles. The maximum absolute atomic E-state index is 10.8. The summed E-state index contributed by atoms with van der Waals surface area (Å²) in [6.07, 6.45) is 2.88. The average Bonchev–Trinajstić information content (AvgIpc) is 2.10. The maximum atomic E-state index is 10.8. The summed E-state index contributed by atoms with van der Waals surface area (Å²) < 4.78 is 4.32. The van der Waals surface area contributed by atoms with Gasteiger partial charge in [0.15, 0.2) is 5.78 Å². The second-order valence-corrected chi connectivity index (χ2v) is 2.04. The summed E-state index contributed by atoms with van der Waals surface area (Å²) in [6, 6.07) is 0. The highest BCUT2D eigenvalue weighted by Crippen LogP contribution is 1.93. The third kappa shape index (κ3) is 5.34. The van der Waals surface area contributed by atoms with Crippen molar-refractivity contribution in [2.24, 2.45) is 0 Å². The molecule has 0 aliphatic heterocycles. The summed E-state index contributed by atoms with van der Waals surface area (Å²) in [7, 11) is 1.26. The lowest BCUT2D eigenvalue weighted by Gasteiger charge is -1.94. The van der Waals surface area contributed by atoms with Gasteiger partial charge in [0.25, 0.3) is 0 Å². The number of esters is 1. The summed E-state index contributed by atoms with van der Waals surface area (Å²) in [5.74, 6) is -0.685. The zero-order valence-corrected chi connectivity index (χ0v) is 6.78. The summed E-state index contributed by atoms with van der Waals surface area (Å²) >= 11 is 0. The van der Waals surface area contributed by atoms with Gasteiger partial charge in [0, 0.05) is 6.42 Å². The molecule has 4 nitrogen and oxygen atoms in total. The van der Waals surface area contributed by atoms with Gasteiger partial charge in [-0.1, -0.05) is 0 Å². The first-order valence-electron chi connectivity index (χ1n) is 3.42. The van der Waals surface area contributed by atoms with Gasteiger partial charge >= 0.3 is 5.97 Å². The SMILES string of the molecule is COC(=O)CCC(=O)/C=C/C=O. The molecule has 0 aliphatic carbocycles. The highest BCUT2D eigenvalue weighted by Gasteiger charge is 2.02. The Morgan fingerprint density at radius 2 is 2.00 bits per heavy atom. The van der Waals surface area contributed by atoms with Crippen LogP contribution in [0.25, 0.3) is 0 Å². The van der Waals surface area contributed by atoms with Gasteiger partial charge < -0.3 is 4.74 Å². The molecule has 0 atom stereocenters. The van der Waals surface area contributed by atoms with Crippen LogP contribution in [0.2, 0.25) is 0 Å². The van der Waals surface area contributed by atoms with Crippen LogP contribution in [0, 0.1) is 0 Å². The number of allylic oxidation sites excluding steroid dienone is 2. The van der Waals surface area contributed by atoms with Crippen molar-refractivity contribution in [1.29, 1.82) is 0 Å². The standard InChI is InChI=1S/C8H10O4/c1-12-8(11)5-4-7(10)3-2-6-9/h2-3,6H,4-5H2,1H3/b3-2+. The second-order valence-electron chi connectivity index (χ2n) is 2.04. The molecule has 0 rings (SSSR count). The molecule has 0 aromatic rings. The fourth-order valence-electron chi connectivity index (χ4n) is 0.557. The molecule has 0 amide bonds. The molecule has 66 valence electrons. The monoisotopic (exact) mass is 170 g/mol. The number of aldehydes is 1. The van der Waals surface area contributed by atoms with Crippen LogP contribution in [0.5, 0.6) is 0 Å². The van der Waals surface area contributed by atoms with Crippen molar-refractivity contribution in [3.63, 3.8) is 0 Å². The molecule has 4 heteroatoms. The van der Waals surface area contributed by atoms with E-state index in [9.17, 15) is 14.4 Å². The molecule has 0 aromatic carbocycles. The molecular formula is C8H10O4. The fourth-order valence-corrected chi connectivity index (χ4v) is 0.557. The van der Waals surface area contributed by atoms with Gasteiger partial charge in [0.1, 0.15) is 6.29 Å². The van der Waals surface area contributed by atoms with Crippen LogP contribution in [0.15, 0.2) is 12.2 Å². The van der Waals surface area contributed by atoms with E-state index < -0.39 is 5.97 Å². The number of ketones is 1. The van der Waals surface area contributed by atoms with E-state index in [4.69, 9.17) is 0 Å². The number of carbonyl (C=O) groups excluding carboxylic acids is 3. The van der Waals surface area contributed by atoms with Gasteiger partial charge in [0.05, 0.1) is 13.5 Å². The van der Waals surface area contributed by atoms with Crippen molar-refractivity contribution in [1.82, 2.24) is 0 Å². The predicted molar refractivity (Wildman–Crippen MR) is 41.5 cm³/mol. The molecule has 0 radical (unpaired) electrons. The highest BCUT2D eigenvalue weighted by atomic mass is 16.5. The molecule has 0 aromatic heterocycles. The van der Waals surface area contributed by atoms with E-state index in [1.807, 2.05) is 0 Å². The highest BCUT2D eigenvalue weighted by molar-refractivity contribution is 5.94. The molecule has 0 saturated heterocycles. The van der Waals surface area contributed by atoms with E-state index in [1.54, 1.807) is 0 Å². The number of ether oxygens (including phenoxy) is 1. The van der Waals surface area contributed by atoms with Crippen LogP contribution < -0.4 is 0 Å². The summed E-state index contributed by atoms with van der Waals surface area (Å²) in [6.45, 7) is 0. The van der Waals surface area contributed by atoms with Crippen LogP contribution in [-0.4, -0.2) is 25.1 Å². The summed E-state index contributed by atoms with van der Waals surface area (Å²) in [4.78, 5) is 31.1. The van der Waals surface area contributed by atoms with Gasteiger partial charge in [-0.15, -0.1) is 0 Å². The Morgan fingerprint density at radius 3 is 2.50 bits per heavy atom. The predicted octanol–water partition coefficient (Wildman–Crippen LogP) is 0.264. The Bertz CT molecular complexity index is 205. The van der Waals surface area contributed by atoms with Crippen molar-refractivity contribution >= 4 is 18.0 Å². The number of carbonyl (C=O) groups is 3. The van der Waals surface area contributed by atoms with Gasteiger partial charge in [-0.3, -0.25) is 14.4 Å². The molecule has 0 spiro atoms. The minimum atomic E-state index is -0.428. The molecule has 12 heavy (non-hydrogen) atoms. The number of rotatable bonds is 5. The van der Waals surface area contributed by atoms with Gasteiger partial charge in [-0.2, -0.15) is 0 Å². The lowest BCUT2D eigenvalue weighted by molar-refractivity contribution is -0.141. The van der Waals surface area contributed by atoms with Gasteiger partial charge in [-0.05, 0) is 12.2 Å². The number of hydrogen-bond acceptors (Lipinski definition) is 4. The third-order valence-electron chi connectivity index (χ3n) is 1.16. The fraction of sp³-hybridized carbons (Fsp3) is 0.375. The van der Waals surface area contributed by atoms with E-state index in [2.05, 4.69) is 4.74 Å². The van der Waals surface area contributed by atoms with Crippen molar-refractivity contribution < 1.29 is 19.1 Å². The first-order chi connectivity index (χ1) is 5.70. The van der Waals surface area contributed by atoms with Crippen LogP contribution in [0.4, 0.5) is 0 Å². The molecule has 0 unspecified atom stereocenters.